The van der Waals surface area contributed by atoms with Crippen LogP contribution >= 0.6 is 23.2 Å². The van der Waals surface area contributed by atoms with Crippen LogP contribution in [-0.2, 0) is 16.6 Å². The minimum Gasteiger partial charge on any atom is -0.246 e. The van der Waals surface area contributed by atoms with E-state index in [1.807, 2.05) is 0 Å². The van der Waals surface area contributed by atoms with E-state index in [0.29, 0.717) is 21.7 Å². The molecular formula is C17H15Cl2FN4O2S. The molecule has 6 nitrogen and oxygen atoms in total. The van der Waals surface area contributed by atoms with Crippen molar-refractivity contribution >= 4 is 39.2 Å². The van der Waals surface area contributed by atoms with Crippen LogP contribution in [0.5, 0.6) is 0 Å². The Hall–Kier alpha value is -2.16. The third-order valence-electron chi connectivity index (χ3n) is 3.86. The summed E-state index contributed by atoms with van der Waals surface area (Å²) < 4.78 is 42.1. The molecule has 0 bridgehead atoms. The van der Waals surface area contributed by atoms with E-state index in [-0.39, 0.29) is 22.4 Å². The van der Waals surface area contributed by atoms with Crippen LogP contribution in [0, 0.1) is 19.7 Å². The first-order chi connectivity index (χ1) is 12.7. The summed E-state index contributed by atoms with van der Waals surface area (Å²) >= 11 is 12.0. The normalized spacial score (nSPS) is 11.6. The van der Waals surface area contributed by atoms with Gasteiger partial charge in [0.1, 0.15) is 12.1 Å². The van der Waals surface area contributed by atoms with Crippen molar-refractivity contribution in [3.63, 3.8) is 0 Å². The minimum atomic E-state index is -3.88. The number of benzene rings is 2. The average Bonchev–Trinajstić information content (AvgIpc) is 2.99. The minimum absolute atomic E-state index is 0.0831. The third kappa shape index (κ3) is 4.40. The van der Waals surface area contributed by atoms with Crippen LogP contribution in [0.1, 0.15) is 16.7 Å². The number of aryl methyl sites for hydroxylation is 2. The average molecular weight is 429 g/mol. The fourth-order valence-corrected chi connectivity index (χ4v) is 4.16. The maximum atomic E-state index is 13.1. The molecule has 142 valence electrons. The van der Waals surface area contributed by atoms with Gasteiger partial charge in [-0.1, -0.05) is 29.3 Å². The number of halogens is 3. The molecular weight excluding hydrogens is 414 g/mol. The van der Waals surface area contributed by atoms with Crippen LogP contribution < -0.4 is 4.72 Å². The van der Waals surface area contributed by atoms with Crippen molar-refractivity contribution in [3.8, 4) is 0 Å². The van der Waals surface area contributed by atoms with Gasteiger partial charge < -0.3 is 0 Å². The molecule has 3 aromatic rings. The third-order valence-corrected chi connectivity index (χ3v) is 6.08. The van der Waals surface area contributed by atoms with Crippen molar-refractivity contribution in [1.82, 2.24) is 14.8 Å². The maximum absolute atomic E-state index is 13.1. The van der Waals surface area contributed by atoms with E-state index in [0.717, 1.165) is 0 Å². The van der Waals surface area contributed by atoms with Crippen LogP contribution in [0.15, 0.2) is 41.6 Å². The van der Waals surface area contributed by atoms with E-state index >= 15 is 0 Å². The quantitative estimate of drug-likeness (QED) is 0.660. The summed E-state index contributed by atoms with van der Waals surface area (Å²) in [6, 6.07) is 7.10. The molecule has 0 unspecified atom stereocenters. The summed E-state index contributed by atoms with van der Waals surface area (Å²) in [4.78, 5) is 4.06. The molecule has 0 aliphatic rings. The van der Waals surface area contributed by atoms with E-state index in [1.165, 1.54) is 35.3 Å². The van der Waals surface area contributed by atoms with Gasteiger partial charge in [0.05, 0.1) is 11.4 Å². The van der Waals surface area contributed by atoms with Gasteiger partial charge in [0, 0.05) is 10.0 Å². The summed E-state index contributed by atoms with van der Waals surface area (Å²) in [5.74, 6) is -0.523. The summed E-state index contributed by atoms with van der Waals surface area (Å²) in [5, 5.41) is 4.83. The Kier molecular flexibility index (Phi) is 5.41. The molecule has 1 aromatic heterocycles. The van der Waals surface area contributed by atoms with Crippen molar-refractivity contribution in [3.05, 3.63) is 69.2 Å². The van der Waals surface area contributed by atoms with Gasteiger partial charge in [0.2, 0.25) is 0 Å². The largest absolute Gasteiger partial charge is 0.264 e. The highest BCUT2D eigenvalue weighted by Gasteiger charge is 2.20. The summed E-state index contributed by atoms with van der Waals surface area (Å²) in [7, 11) is -3.88. The molecule has 2 aromatic carbocycles. The Bertz CT molecular complexity index is 1120. The van der Waals surface area contributed by atoms with E-state index in [4.69, 9.17) is 23.2 Å². The van der Waals surface area contributed by atoms with E-state index < -0.39 is 15.8 Å². The predicted molar refractivity (Wildman–Crippen MR) is 102 cm³/mol. The number of hydrogen-bond acceptors (Lipinski definition) is 4. The molecule has 0 radical (unpaired) electrons. The molecule has 0 amide bonds. The van der Waals surface area contributed by atoms with E-state index in [2.05, 4.69) is 14.8 Å². The molecule has 0 atom stereocenters. The maximum Gasteiger partial charge on any atom is 0.264 e. The van der Waals surface area contributed by atoms with Gasteiger partial charge in [-0.05, 0) is 54.8 Å². The smallest absolute Gasteiger partial charge is 0.246 e. The van der Waals surface area contributed by atoms with Crippen LogP contribution in [0.4, 0.5) is 10.3 Å². The molecule has 0 saturated heterocycles. The lowest BCUT2D eigenvalue weighted by atomic mass is 10.2. The highest BCUT2D eigenvalue weighted by atomic mass is 35.5. The first-order valence-electron chi connectivity index (χ1n) is 7.78. The second kappa shape index (κ2) is 7.46. The van der Waals surface area contributed by atoms with Crippen molar-refractivity contribution in [2.24, 2.45) is 0 Å². The van der Waals surface area contributed by atoms with Gasteiger partial charge in [-0.25, -0.2) is 22.2 Å². The van der Waals surface area contributed by atoms with Crippen molar-refractivity contribution in [1.29, 1.82) is 0 Å². The SMILES string of the molecule is Cc1cc(S(=O)(=O)Nc2ncn(Cc3ccc(F)cc3Cl)n2)c(C)cc1Cl. The highest BCUT2D eigenvalue weighted by molar-refractivity contribution is 7.92. The highest BCUT2D eigenvalue weighted by Crippen LogP contribution is 2.25. The monoisotopic (exact) mass is 428 g/mol. The lowest BCUT2D eigenvalue weighted by Crippen LogP contribution is -2.16. The number of nitrogens with one attached hydrogen (secondary N) is 1. The van der Waals surface area contributed by atoms with Crippen molar-refractivity contribution in [2.45, 2.75) is 25.3 Å². The number of hydrogen-bond donors (Lipinski definition) is 1. The molecule has 27 heavy (non-hydrogen) atoms. The molecule has 0 aliphatic carbocycles. The molecule has 3 rings (SSSR count). The van der Waals surface area contributed by atoms with E-state index in [1.54, 1.807) is 19.9 Å². The second-order valence-corrected chi connectivity index (χ2v) is 8.44. The van der Waals surface area contributed by atoms with Gasteiger partial charge in [-0.3, -0.25) is 0 Å². The zero-order valence-electron chi connectivity index (χ0n) is 14.4. The number of aromatic nitrogens is 3. The number of rotatable bonds is 5. The molecule has 10 heteroatoms. The molecule has 1 N–H and O–H groups in total. The van der Waals surface area contributed by atoms with Gasteiger partial charge in [-0.2, -0.15) is 4.98 Å². The summed E-state index contributed by atoms with van der Waals surface area (Å²) in [5.41, 5.74) is 1.78. The summed E-state index contributed by atoms with van der Waals surface area (Å²) in [6.07, 6.45) is 1.36. The lowest BCUT2D eigenvalue weighted by molar-refractivity contribution is 0.599. The van der Waals surface area contributed by atoms with Crippen LogP contribution in [-0.4, -0.2) is 23.2 Å². The van der Waals surface area contributed by atoms with Gasteiger partial charge in [0.15, 0.2) is 0 Å². The fraction of sp³-hybridized carbons (Fsp3) is 0.176. The Morgan fingerprint density at radius 3 is 2.56 bits per heavy atom. The van der Waals surface area contributed by atoms with Gasteiger partial charge in [0.25, 0.3) is 16.0 Å². The van der Waals surface area contributed by atoms with Crippen molar-refractivity contribution < 1.29 is 12.8 Å². The lowest BCUT2D eigenvalue weighted by Gasteiger charge is -2.10. The molecule has 0 spiro atoms. The van der Waals surface area contributed by atoms with Gasteiger partial charge >= 0.3 is 0 Å². The predicted octanol–water partition coefficient (Wildman–Crippen LogP) is 4.19. The first kappa shape index (κ1) is 19.6. The van der Waals surface area contributed by atoms with Crippen LogP contribution in [0.2, 0.25) is 10.0 Å². The zero-order chi connectivity index (χ0) is 19.8. The Balaban J connectivity index is 1.82. The topological polar surface area (TPSA) is 76.9 Å². The summed E-state index contributed by atoms with van der Waals surface area (Å²) in [6.45, 7) is 3.59. The Morgan fingerprint density at radius 2 is 1.85 bits per heavy atom. The Morgan fingerprint density at radius 1 is 1.11 bits per heavy atom. The van der Waals surface area contributed by atoms with Crippen LogP contribution in [0.3, 0.4) is 0 Å². The molecule has 1 heterocycles. The van der Waals surface area contributed by atoms with Crippen molar-refractivity contribution in [2.75, 3.05) is 4.72 Å². The van der Waals surface area contributed by atoms with Gasteiger partial charge in [-0.15, -0.1) is 5.10 Å². The molecule has 0 saturated carbocycles. The van der Waals surface area contributed by atoms with Crippen LogP contribution in [0.25, 0.3) is 0 Å². The fourth-order valence-electron chi connectivity index (χ4n) is 2.46. The number of nitrogens with zero attached hydrogens (tertiary/aromatic N) is 3. The number of sulfonamides is 1. The number of anilines is 1. The van der Waals surface area contributed by atoms with E-state index in [9.17, 15) is 12.8 Å². The zero-order valence-corrected chi connectivity index (χ0v) is 16.7. The second-order valence-electron chi connectivity index (χ2n) is 5.97. The standard InChI is InChI=1S/C17H15Cl2FN4O2S/c1-10-6-16(11(2)5-14(10)18)27(25,26)23-17-21-9-24(22-17)8-12-3-4-13(20)7-15(12)19/h3-7,9H,8H2,1-2H3,(H,22,23). The first-order valence-corrected chi connectivity index (χ1v) is 10.0. The Labute approximate surface area is 166 Å². The molecule has 0 aliphatic heterocycles. The molecule has 0 fully saturated rings.